The maximum atomic E-state index is 5.65. The molecule has 14 heavy (non-hydrogen) atoms. The highest BCUT2D eigenvalue weighted by atomic mass is 32.1. The van der Waals surface area contributed by atoms with Crippen LogP contribution in [-0.4, -0.2) is 9.97 Å². The van der Waals surface area contributed by atoms with Crippen molar-refractivity contribution in [1.82, 2.24) is 9.97 Å². The lowest BCUT2D eigenvalue weighted by molar-refractivity contribution is 1.21. The van der Waals surface area contributed by atoms with Crippen molar-refractivity contribution in [1.29, 1.82) is 0 Å². The number of nitrogen functional groups attached to an aromatic ring is 1. The second kappa shape index (κ2) is 3.63. The summed E-state index contributed by atoms with van der Waals surface area (Å²) in [6, 6.07) is 0. The predicted octanol–water partition coefficient (Wildman–Crippen LogP) is 2.17. The predicted molar refractivity (Wildman–Crippen MR) is 58.8 cm³/mol. The van der Waals surface area contributed by atoms with Gasteiger partial charge >= 0.3 is 0 Å². The highest BCUT2D eigenvalue weighted by Crippen LogP contribution is 2.24. The van der Waals surface area contributed by atoms with Crippen molar-refractivity contribution < 1.29 is 0 Å². The van der Waals surface area contributed by atoms with E-state index in [0.717, 1.165) is 5.69 Å². The Morgan fingerprint density at radius 3 is 2.71 bits per heavy atom. The number of aryl methyl sites for hydroxylation is 1. The molecule has 0 radical (unpaired) electrons. The summed E-state index contributed by atoms with van der Waals surface area (Å²) in [5, 5.41) is 7.21. The third-order valence-corrected chi connectivity index (χ3v) is 2.70. The van der Waals surface area contributed by atoms with Gasteiger partial charge in [-0.1, -0.05) is 0 Å². The third kappa shape index (κ3) is 1.67. The molecule has 0 aromatic carbocycles. The summed E-state index contributed by atoms with van der Waals surface area (Å²) in [7, 11) is 0. The molecule has 0 aliphatic carbocycles. The van der Waals surface area contributed by atoms with E-state index in [1.54, 1.807) is 23.7 Å². The van der Waals surface area contributed by atoms with Crippen LogP contribution < -0.4 is 11.1 Å². The van der Waals surface area contributed by atoms with Crippen molar-refractivity contribution in [3.63, 3.8) is 0 Å². The molecule has 0 aliphatic heterocycles. The number of anilines is 3. The maximum absolute atomic E-state index is 5.65. The maximum Gasteiger partial charge on any atom is 0.173 e. The van der Waals surface area contributed by atoms with Crippen LogP contribution in [0.2, 0.25) is 0 Å². The summed E-state index contributed by atoms with van der Waals surface area (Å²) >= 11 is 1.64. The van der Waals surface area contributed by atoms with Gasteiger partial charge in [0.1, 0.15) is 0 Å². The first-order valence-corrected chi connectivity index (χ1v) is 5.08. The van der Waals surface area contributed by atoms with Crippen LogP contribution in [0.25, 0.3) is 0 Å². The van der Waals surface area contributed by atoms with Crippen LogP contribution in [0.3, 0.4) is 0 Å². The molecule has 4 nitrogen and oxygen atoms in total. The number of thiophene rings is 1. The zero-order valence-corrected chi connectivity index (χ0v) is 8.51. The first-order chi connectivity index (χ1) is 6.77. The van der Waals surface area contributed by atoms with E-state index in [1.807, 2.05) is 12.3 Å². The summed E-state index contributed by atoms with van der Waals surface area (Å²) in [5.74, 6) is 1.02. The van der Waals surface area contributed by atoms with Gasteiger partial charge in [-0.05, 0) is 17.9 Å². The molecule has 2 aromatic rings. The van der Waals surface area contributed by atoms with Gasteiger partial charge in [-0.15, -0.1) is 11.3 Å². The van der Waals surface area contributed by atoms with Gasteiger partial charge in [-0.2, -0.15) is 0 Å². The van der Waals surface area contributed by atoms with Crippen LogP contribution in [0.15, 0.2) is 23.2 Å². The Balaban J connectivity index is 2.28. The van der Waals surface area contributed by atoms with Gasteiger partial charge in [-0.3, -0.25) is 0 Å². The quantitative estimate of drug-likeness (QED) is 0.790. The van der Waals surface area contributed by atoms with E-state index in [-0.39, 0.29) is 0 Å². The first kappa shape index (κ1) is 8.96. The van der Waals surface area contributed by atoms with Crippen LogP contribution in [0, 0.1) is 6.92 Å². The van der Waals surface area contributed by atoms with Crippen molar-refractivity contribution in [2.24, 2.45) is 0 Å². The van der Waals surface area contributed by atoms with Crippen LogP contribution >= 0.6 is 11.3 Å². The molecular formula is C9H10N4S. The van der Waals surface area contributed by atoms with Gasteiger partial charge in [0, 0.05) is 17.8 Å². The summed E-state index contributed by atoms with van der Waals surface area (Å²) < 4.78 is 0. The number of hydrogen-bond donors (Lipinski definition) is 2. The highest BCUT2D eigenvalue weighted by molar-refractivity contribution is 7.08. The minimum Gasteiger partial charge on any atom is -0.381 e. The largest absolute Gasteiger partial charge is 0.381 e. The van der Waals surface area contributed by atoms with E-state index in [9.17, 15) is 0 Å². The Kier molecular flexibility index (Phi) is 2.32. The number of rotatable bonds is 2. The lowest BCUT2D eigenvalue weighted by Gasteiger charge is -2.05. The molecule has 0 aliphatic rings. The normalized spacial score (nSPS) is 10.1. The summed E-state index contributed by atoms with van der Waals surface area (Å²) in [5.41, 5.74) is 7.86. The van der Waals surface area contributed by atoms with Crippen molar-refractivity contribution in [3.8, 4) is 0 Å². The van der Waals surface area contributed by atoms with Crippen molar-refractivity contribution in [2.75, 3.05) is 11.1 Å². The molecule has 2 rings (SSSR count). The topological polar surface area (TPSA) is 63.8 Å². The Bertz CT molecular complexity index is 438. The number of aromatic nitrogens is 2. The number of nitrogens with one attached hydrogen (secondary N) is 1. The highest BCUT2D eigenvalue weighted by Gasteiger charge is 2.03. The van der Waals surface area contributed by atoms with E-state index < -0.39 is 0 Å². The third-order valence-electron chi connectivity index (χ3n) is 1.84. The van der Waals surface area contributed by atoms with Crippen molar-refractivity contribution >= 4 is 28.7 Å². The summed E-state index contributed by atoms with van der Waals surface area (Å²) in [6.07, 6.45) is 3.18. The molecule has 3 N–H and O–H groups in total. The molecule has 2 aromatic heterocycles. The lowest BCUT2D eigenvalue weighted by atomic mass is 10.3. The van der Waals surface area contributed by atoms with Gasteiger partial charge in [0.05, 0.1) is 5.69 Å². The number of nitrogens with two attached hydrogens (primary N) is 1. The van der Waals surface area contributed by atoms with E-state index in [0.29, 0.717) is 11.6 Å². The number of hydrogen-bond acceptors (Lipinski definition) is 5. The second-order valence-corrected chi connectivity index (χ2v) is 3.63. The molecule has 0 fully saturated rings. The van der Waals surface area contributed by atoms with E-state index in [1.165, 1.54) is 5.56 Å². The van der Waals surface area contributed by atoms with Crippen LogP contribution in [0.5, 0.6) is 0 Å². The zero-order chi connectivity index (χ0) is 9.97. The van der Waals surface area contributed by atoms with Gasteiger partial charge in [-0.25, -0.2) is 9.97 Å². The fourth-order valence-corrected chi connectivity index (χ4v) is 1.84. The Hall–Kier alpha value is -1.62. The second-order valence-electron chi connectivity index (χ2n) is 2.88. The van der Waals surface area contributed by atoms with E-state index in [4.69, 9.17) is 5.73 Å². The Morgan fingerprint density at radius 1 is 1.29 bits per heavy atom. The average molecular weight is 206 g/mol. The minimum atomic E-state index is 0.415. The Morgan fingerprint density at radius 2 is 2.07 bits per heavy atom. The van der Waals surface area contributed by atoms with E-state index >= 15 is 0 Å². The molecule has 0 atom stereocenters. The molecule has 0 amide bonds. The fraction of sp³-hybridized carbons (Fsp3) is 0.111. The standard InChI is InChI=1S/C9H10N4S/c1-6-4-14-5-7(6)13-9-8(10)11-2-3-12-9/h2-5H,1H3,(H2,10,11)(H,12,13). The SMILES string of the molecule is Cc1cscc1Nc1nccnc1N. The monoisotopic (exact) mass is 206 g/mol. The van der Waals surface area contributed by atoms with Crippen LogP contribution in [-0.2, 0) is 0 Å². The number of nitrogens with zero attached hydrogens (tertiary/aromatic N) is 2. The van der Waals surface area contributed by atoms with Gasteiger partial charge in [0.25, 0.3) is 0 Å². The molecule has 0 bridgehead atoms. The lowest BCUT2D eigenvalue weighted by Crippen LogP contribution is -2.00. The van der Waals surface area contributed by atoms with Crippen molar-refractivity contribution in [3.05, 3.63) is 28.7 Å². The smallest absolute Gasteiger partial charge is 0.173 e. The zero-order valence-electron chi connectivity index (χ0n) is 7.69. The Labute approximate surface area is 85.8 Å². The molecule has 0 unspecified atom stereocenters. The molecule has 72 valence electrons. The molecule has 0 spiro atoms. The molecule has 0 saturated heterocycles. The molecule has 2 heterocycles. The summed E-state index contributed by atoms with van der Waals surface area (Å²) in [6.45, 7) is 2.03. The molecular weight excluding hydrogens is 196 g/mol. The van der Waals surface area contributed by atoms with Gasteiger partial charge in [0.15, 0.2) is 11.6 Å². The minimum absolute atomic E-state index is 0.415. The molecule has 5 heteroatoms. The van der Waals surface area contributed by atoms with Crippen LogP contribution in [0.1, 0.15) is 5.56 Å². The van der Waals surface area contributed by atoms with Gasteiger partial charge in [0.2, 0.25) is 0 Å². The fourth-order valence-electron chi connectivity index (χ4n) is 1.06. The van der Waals surface area contributed by atoms with Crippen molar-refractivity contribution in [2.45, 2.75) is 6.92 Å². The van der Waals surface area contributed by atoms with Crippen LogP contribution in [0.4, 0.5) is 17.3 Å². The summed E-state index contributed by atoms with van der Waals surface area (Å²) in [4.78, 5) is 8.05. The van der Waals surface area contributed by atoms with E-state index in [2.05, 4.69) is 20.7 Å². The van der Waals surface area contributed by atoms with Gasteiger partial charge < -0.3 is 11.1 Å². The first-order valence-electron chi connectivity index (χ1n) is 4.13. The molecule has 0 saturated carbocycles. The average Bonchev–Trinajstić information content (AvgIpc) is 2.56.